The topological polar surface area (TPSA) is 58.6 Å². The van der Waals surface area contributed by atoms with Crippen molar-refractivity contribution >= 4 is 17.6 Å². The van der Waals surface area contributed by atoms with Gasteiger partial charge in [-0.05, 0) is 37.6 Å². The second-order valence-electron chi connectivity index (χ2n) is 4.32. The molecule has 0 saturated heterocycles. The van der Waals surface area contributed by atoms with Gasteiger partial charge in [0.05, 0.1) is 7.11 Å². The van der Waals surface area contributed by atoms with Gasteiger partial charge in [0.25, 0.3) is 0 Å². The minimum absolute atomic E-state index is 0.160. The third-order valence-electron chi connectivity index (χ3n) is 2.60. The van der Waals surface area contributed by atoms with Gasteiger partial charge in [0, 0.05) is 11.6 Å². The van der Waals surface area contributed by atoms with Crippen molar-refractivity contribution in [3.63, 3.8) is 0 Å². The first-order valence-electron chi connectivity index (χ1n) is 5.71. The highest BCUT2D eigenvalue weighted by Crippen LogP contribution is 2.09. The number of hydrogen-bond acceptors (Lipinski definition) is 4. The minimum atomic E-state index is -1.49. The van der Waals surface area contributed by atoms with Gasteiger partial charge in [-0.1, -0.05) is 23.7 Å². The summed E-state index contributed by atoms with van der Waals surface area (Å²) in [5.41, 5.74) is -0.348. The van der Waals surface area contributed by atoms with E-state index >= 15 is 0 Å². The molecule has 1 aromatic rings. The molecule has 0 aliphatic heterocycles. The van der Waals surface area contributed by atoms with Gasteiger partial charge in [0.1, 0.15) is 0 Å². The molecule has 2 N–H and O–H groups in total. The lowest BCUT2D eigenvalue weighted by Gasteiger charge is -2.20. The molecule has 0 bridgehead atoms. The van der Waals surface area contributed by atoms with Crippen molar-refractivity contribution in [2.24, 2.45) is 0 Å². The van der Waals surface area contributed by atoms with E-state index in [2.05, 4.69) is 10.1 Å². The number of ether oxygens (including phenoxy) is 1. The Labute approximate surface area is 112 Å². The van der Waals surface area contributed by atoms with Crippen LogP contribution in [0.5, 0.6) is 0 Å². The number of aliphatic hydroxyl groups is 1. The number of methoxy groups -OCH3 is 1. The van der Waals surface area contributed by atoms with E-state index in [0.29, 0.717) is 11.6 Å². The summed E-state index contributed by atoms with van der Waals surface area (Å²) in [6, 6.07) is 7.56. The smallest absolute Gasteiger partial charge is 0.338 e. The molecule has 100 valence electrons. The molecule has 1 aromatic carbocycles. The summed E-state index contributed by atoms with van der Waals surface area (Å²) in [4.78, 5) is 11.2. The van der Waals surface area contributed by atoms with Crippen LogP contribution in [0.3, 0.4) is 0 Å². The van der Waals surface area contributed by atoms with Gasteiger partial charge in [0.2, 0.25) is 0 Å². The van der Waals surface area contributed by atoms with Gasteiger partial charge < -0.3 is 15.2 Å². The van der Waals surface area contributed by atoms with Gasteiger partial charge in [-0.2, -0.15) is 0 Å². The lowest BCUT2D eigenvalue weighted by atomic mass is 10.1. The molecule has 0 amide bonds. The molecule has 5 heteroatoms. The van der Waals surface area contributed by atoms with Gasteiger partial charge >= 0.3 is 5.97 Å². The molecule has 0 aliphatic rings. The molecule has 0 saturated carbocycles. The summed E-state index contributed by atoms with van der Waals surface area (Å²) in [6.07, 6.45) is 0.800. The highest BCUT2D eigenvalue weighted by atomic mass is 35.5. The zero-order valence-electron chi connectivity index (χ0n) is 10.6. The number of hydrogen-bond donors (Lipinski definition) is 2. The number of nitrogens with one attached hydrogen (secondary N) is 1. The molecule has 4 nitrogen and oxygen atoms in total. The summed E-state index contributed by atoms with van der Waals surface area (Å²) in [5.74, 6) is -0.638. The maximum Gasteiger partial charge on any atom is 0.338 e. The third kappa shape index (κ3) is 4.64. The standard InChI is InChI=1S/C13H18ClNO3/c1-13(17,12(16)18-2)9-15-8-7-10-3-5-11(14)6-4-10/h3-6,15,17H,7-9H2,1-2H3. The van der Waals surface area contributed by atoms with E-state index in [0.717, 1.165) is 12.0 Å². The molecule has 0 spiro atoms. The Morgan fingerprint density at radius 2 is 2.06 bits per heavy atom. The predicted molar refractivity (Wildman–Crippen MR) is 70.7 cm³/mol. The van der Waals surface area contributed by atoms with Crippen LogP contribution in [-0.4, -0.2) is 36.9 Å². The van der Waals surface area contributed by atoms with Crippen LogP contribution in [0, 0.1) is 0 Å². The molecule has 0 aromatic heterocycles. The van der Waals surface area contributed by atoms with E-state index < -0.39 is 11.6 Å². The van der Waals surface area contributed by atoms with Crippen LogP contribution >= 0.6 is 11.6 Å². The van der Waals surface area contributed by atoms with E-state index in [9.17, 15) is 9.90 Å². The lowest BCUT2D eigenvalue weighted by Crippen LogP contribution is -2.46. The van der Waals surface area contributed by atoms with Gasteiger partial charge in [-0.25, -0.2) is 4.79 Å². The molecule has 0 aliphatic carbocycles. The third-order valence-corrected chi connectivity index (χ3v) is 2.85. The largest absolute Gasteiger partial charge is 0.467 e. The van der Waals surface area contributed by atoms with Crippen LogP contribution < -0.4 is 5.32 Å². The van der Waals surface area contributed by atoms with Crippen LogP contribution in [0.25, 0.3) is 0 Å². The first-order valence-corrected chi connectivity index (χ1v) is 6.09. The summed E-state index contributed by atoms with van der Waals surface area (Å²) >= 11 is 5.78. The number of carbonyl (C=O) groups is 1. The van der Waals surface area contributed by atoms with Gasteiger partial charge in [-0.3, -0.25) is 0 Å². The van der Waals surface area contributed by atoms with Crippen molar-refractivity contribution in [3.8, 4) is 0 Å². The molecule has 18 heavy (non-hydrogen) atoms. The molecular weight excluding hydrogens is 254 g/mol. The van der Waals surface area contributed by atoms with Gasteiger partial charge in [0.15, 0.2) is 5.60 Å². The average molecular weight is 272 g/mol. The summed E-state index contributed by atoms with van der Waals surface area (Å²) in [6.45, 7) is 2.25. The van der Waals surface area contributed by atoms with Crippen LogP contribution in [0.15, 0.2) is 24.3 Å². The molecule has 0 heterocycles. The van der Waals surface area contributed by atoms with Crippen molar-refractivity contribution in [1.29, 1.82) is 0 Å². The summed E-state index contributed by atoms with van der Waals surface area (Å²) in [7, 11) is 1.25. The fraction of sp³-hybridized carbons (Fsp3) is 0.462. The number of rotatable bonds is 6. The summed E-state index contributed by atoms with van der Waals surface area (Å²) in [5, 5.41) is 13.5. The van der Waals surface area contributed by atoms with Crippen molar-refractivity contribution < 1.29 is 14.6 Å². The number of halogens is 1. The molecule has 1 unspecified atom stereocenters. The van der Waals surface area contributed by atoms with Crippen molar-refractivity contribution in [2.75, 3.05) is 20.2 Å². The van der Waals surface area contributed by atoms with Crippen molar-refractivity contribution in [3.05, 3.63) is 34.9 Å². The van der Waals surface area contributed by atoms with E-state index in [1.807, 2.05) is 24.3 Å². The van der Waals surface area contributed by atoms with Gasteiger partial charge in [-0.15, -0.1) is 0 Å². The Morgan fingerprint density at radius 3 is 2.61 bits per heavy atom. The number of esters is 1. The summed E-state index contributed by atoms with van der Waals surface area (Å²) < 4.78 is 4.50. The Bertz CT molecular complexity index is 390. The maximum absolute atomic E-state index is 11.2. The second kappa shape index (κ2) is 6.73. The lowest BCUT2D eigenvalue weighted by molar-refractivity contribution is -0.159. The molecule has 0 radical (unpaired) electrons. The first-order chi connectivity index (χ1) is 8.45. The van der Waals surface area contributed by atoms with Crippen LogP contribution in [-0.2, 0) is 16.0 Å². The normalized spacial score (nSPS) is 14.0. The van der Waals surface area contributed by atoms with Crippen LogP contribution in [0.2, 0.25) is 5.02 Å². The highest BCUT2D eigenvalue weighted by Gasteiger charge is 2.30. The minimum Gasteiger partial charge on any atom is -0.467 e. The fourth-order valence-corrected chi connectivity index (χ4v) is 1.63. The first kappa shape index (κ1) is 15.0. The van der Waals surface area contributed by atoms with Crippen molar-refractivity contribution in [2.45, 2.75) is 18.9 Å². The predicted octanol–water partition coefficient (Wildman–Crippen LogP) is 1.40. The zero-order chi connectivity index (χ0) is 13.6. The Morgan fingerprint density at radius 1 is 1.44 bits per heavy atom. The quantitative estimate of drug-likeness (QED) is 0.607. The van der Waals surface area contributed by atoms with Crippen molar-refractivity contribution in [1.82, 2.24) is 5.32 Å². The average Bonchev–Trinajstić information content (AvgIpc) is 2.35. The van der Waals surface area contributed by atoms with E-state index in [4.69, 9.17) is 11.6 Å². The van der Waals surface area contributed by atoms with E-state index in [-0.39, 0.29) is 6.54 Å². The second-order valence-corrected chi connectivity index (χ2v) is 4.76. The molecular formula is C13H18ClNO3. The monoisotopic (exact) mass is 271 g/mol. The molecule has 0 fully saturated rings. The van der Waals surface area contributed by atoms with E-state index in [1.165, 1.54) is 14.0 Å². The van der Waals surface area contributed by atoms with Crippen LogP contribution in [0.1, 0.15) is 12.5 Å². The fourth-order valence-electron chi connectivity index (χ4n) is 1.51. The Balaban J connectivity index is 2.30. The zero-order valence-corrected chi connectivity index (χ0v) is 11.3. The Hall–Kier alpha value is -1.10. The Kier molecular flexibility index (Phi) is 5.59. The molecule has 1 atom stereocenters. The van der Waals surface area contributed by atoms with Crippen LogP contribution in [0.4, 0.5) is 0 Å². The van der Waals surface area contributed by atoms with E-state index in [1.54, 1.807) is 0 Å². The SMILES string of the molecule is COC(=O)C(C)(O)CNCCc1ccc(Cl)cc1. The highest BCUT2D eigenvalue weighted by molar-refractivity contribution is 6.30. The molecule has 1 rings (SSSR count). The number of carbonyl (C=O) groups excluding carboxylic acids is 1. The number of benzene rings is 1. The maximum atomic E-state index is 11.2.